The Hall–Kier alpha value is -2.43. The predicted octanol–water partition coefficient (Wildman–Crippen LogP) is 2.61. The number of fused-ring (bicyclic) bond motifs is 1. The molecule has 1 aromatic carbocycles. The number of nitrogens with one attached hydrogen (secondary N) is 1. The molecule has 0 saturated carbocycles. The number of carboxylic acid groups (broad SMARTS) is 1. The molecule has 0 atom stereocenters. The van der Waals surface area contributed by atoms with E-state index in [1.807, 2.05) is 30.3 Å². The summed E-state index contributed by atoms with van der Waals surface area (Å²) >= 11 is 0. The van der Waals surface area contributed by atoms with Crippen LogP contribution in [0.5, 0.6) is 0 Å². The van der Waals surface area contributed by atoms with Gasteiger partial charge in [0.2, 0.25) is 0 Å². The molecular formula is C16H18N2O3. The van der Waals surface area contributed by atoms with E-state index in [0.29, 0.717) is 18.7 Å². The number of aliphatic carboxylic acids is 1. The van der Waals surface area contributed by atoms with Crippen LogP contribution in [0, 0.1) is 0 Å². The summed E-state index contributed by atoms with van der Waals surface area (Å²) in [6.07, 6.45) is 4.00. The zero-order chi connectivity index (χ0) is 15.1. The smallest absolute Gasteiger partial charge is 0.303 e. The van der Waals surface area contributed by atoms with Crippen LogP contribution in [-0.2, 0) is 4.79 Å². The van der Waals surface area contributed by atoms with Crippen molar-refractivity contribution in [3.05, 3.63) is 42.2 Å². The number of unbranched alkanes of at least 4 members (excludes halogenated alkanes) is 2. The largest absolute Gasteiger partial charge is 0.481 e. The Balaban J connectivity index is 1.87. The number of hydrogen-bond acceptors (Lipinski definition) is 3. The summed E-state index contributed by atoms with van der Waals surface area (Å²) in [4.78, 5) is 26.7. The van der Waals surface area contributed by atoms with Crippen molar-refractivity contribution in [2.75, 3.05) is 6.54 Å². The molecule has 5 nitrogen and oxygen atoms in total. The molecular weight excluding hydrogens is 268 g/mol. The molecule has 5 heteroatoms. The summed E-state index contributed by atoms with van der Waals surface area (Å²) in [5, 5.41) is 13.2. The maximum Gasteiger partial charge on any atom is 0.303 e. The summed E-state index contributed by atoms with van der Waals surface area (Å²) in [5.74, 6) is -0.968. The Morgan fingerprint density at radius 3 is 2.71 bits per heavy atom. The van der Waals surface area contributed by atoms with Crippen molar-refractivity contribution < 1.29 is 14.7 Å². The summed E-state index contributed by atoms with van der Waals surface area (Å²) in [6, 6.07) is 9.50. The van der Waals surface area contributed by atoms with E-state index in [9.17, 15) is 9.59 Å². The average molecular weight is 286 g/mol. The Kier molecular flexibility index (Phi) is 5.26. The molecule has 0 aliphatic carbocycles. The van der Waals surface area contributed by atoms with Gasteiger partial charge in [0.15, 0.2) is 0 Å². The Labute approximate surface area is 123 Å². The lowest BCUT2D eigenvalue weighted by Gasteiger charge is -2.07. The van der Waals surface area contributed by atoms with Crippen LogP contribution in [-0.4, -0.2) is 28.5 Å². The van der Waals surface area contributed by atoms with Gasteiger partial charge in [0.25, 0.3) is 5.91 Å². The first kappa shape index (κ1) is 15.0. The van der Waals surface area contributed by atoms with E-state index in [4.69, 9.17) is 5.11 Å². The van der Waals surface area contributed by atoms with E-state index >= 15 is 0 Å². The number of hydrogen-bond donors (Lipinski definition) is 2. The van der Waals surface area contributed by atoms with Gasteiger partial charge in [-0.25, -0.2) is 0 Å². The van der Waals surface area contributed by atoms with Gasteiger partial charge in [-0.15, -0.1) is 0 Å². The highest BCUT2D eigenvalue weighted by Gasteiger charge is 2.10. The Morgan fingerprint density at radius 2 is 1.90 bits per heavy atom. The van der Waals surface area contributed by atoms with Crippen molar-refractivity contribution in [3.63, 3.8) is 0 Å². The molecule has 0 fully saturated rings. The van der Waals surface area contributed by atoms with Crippen molar-refractivity contribution in [3.8, 4) is 0 Å². The minimum atomic E-state index is -0.779. The summed E-state index contributed by atoms with van der Waals surface area (Å²) in [5.41, 5.74) is 0.429. The van der Waals surface area contributed by atoms with E-state index in [1.54, 1.807) is 6.20 Å². The lowest BCUT2D eigenvalue weighted by atomic mass is 10.1. The number of pyridine rings is 1. The monoisotopic (exact) mass is 286 g/mol. The molecule has 0 unspecified atom stereocenters. The van der Waals surface area contributed by atoms with Crippen molar-refractivity contribution >= 4 is 22.6 Å². The first-order valence-corrected chi connectivity index (χ1v) is 7.02. The summed E-state index contributed by atoms with van der Waals surface area (Å²) in [7, 11) is 0. The maximum absolute atomic E-state index is 12.1. The highest BCUT2D eigenvalue weighted by atomic mass is 16.4. The van der Waals surface area contributed by atoms with Crippen molar-refractivity contribution in [2.45, 2.75) is 25.7 Å². The zero-order valence-corrected chi connectivity index (χ0v) is 11.7. The molecule has 0 radical (unpaired) electrons. The molecule has 110 valence electrons. The van der Waals surface area contributed by atoms with E-state index in [0.717, 1.165) is 23.6 Å². The Morgan fingerprint density at radius 1 is 1.10 bits per heavy atom. The van der Waals surface area contributed by atoms with E-state index in [1.165, 1.54) is 0 Å². The fraction of sp³-hybridized carbons (Fsp3) is 0.312. The van der Waals surface area contributed by atoms with Gasteiger partial charge < -0.3 is 10.4 Å². The van der Waals surface area contributed by atoms with Crippen LogP contribution in [0.1, 0.15) is 36.2 Å². The molecule has 1 amide bonds. The lowest BCUT2D eigenvalue weighted by Crippen LogP contribution is -2.25. The second kappa shape index (κ2) is 7.38. The second-order valence-electron chi connectivity index (χ2n) is 4.84. The third-order valence-corrected chi connectivity index (χ3v) is 3.24. The van der Waals surface area contributed by atoms with Crippen LogP contribution in [0.4, 0.5) is 0 Å². The number of rotatable bonds is 7. The van der Waals surface area contributed by atoms with Gasteiger partial charge >= 0.3 is 5.97 Å². The molecule has 0 spiro atoms. The molecule has 0 saturated heterocycles. The fourth-order valence-electron chi connectivity index (χ4n) is 2.16. The third kappa shape index (κ3) is 4.27. The standard InChI is InChI=1S/C16H18N2O3/c19-14(20)8-2-1-5-10-18-16(21)15-13-7-4-3-6-12(13)9-11-17-15/h3-4,6-7,9,11H,1-2,5,8,10H2,(H,18,21)(H,19,20). The minimum absolute atomic E-state index is 0.179. The molecule has 2 rings (SSSR count). The topological polar surface area (TPSA) is 79.3 Å². The molecule has 0 aliphatic heterocycles. The fourth-order valence-corrected chi connectivity index (χ4v) is 2.16. The SMILES string of the molecule is O=C(O)CCCCCNC(=O)c1nccc2ccccc12. The molecule has 2 aromatic rings. The molecule has 21 heavy (non-hydrogen) atoms. The quantitative estimate of drug-likeness (QED) is 0.767. The first-order valence-electron chi connectivity index (χ1n) is 7.02. The summed E-state index contributed by atoms with van der Waals surface area (Å²) < 4.78 is 0. The average Bonchev–Trinajstić information content (AvgIpc) is 2.49. The van der Waals surface area contributed by atoms with Gasteiger partial charge in [0.05, 0.1) is 0 Å². The molecule has 1 heterocycles. The van der Waals surface area contributed by atoms with Crippen molar-refractivity contribution in [2.24, 2.45) is 0 Å². The third-order valence-electron chi connectivity index (χ3n) is 3.24. The van der Waals surface area contributed by atoms with E-state index in [2.05, 4.69) is 10.3 Å². The van der Waals surface area contributed by atoms with E-state index in [-0.39, 0.29) is 12.3 Å². The number of amides is 1. The van der Waals surface area contributed by atoms with Gasteiger partial charge in [0, 0.05) is 24.5 Å². The Bertz CT molecular complexity index is 635. The maximum atomic E-state index is 12.1. The van der Waals surface area contributed by atoms with Crippen LogP contribution in [0.2, 0.25) is 0 Å². The van der Waals surface area contributed by atoms with Crippen LogP contribution in [0.25, 0.3) is 10.8 Å². The normalized spacial score (nSPS) is 10.5. The lowest BCUT2D eigenvalue weighted by molar-refractivity contribution is -0.137. The highest BCUT2D eigenvalue weighted by molar-refractivity contribution is 6.05. The number of aromatic nitrogens is 1. The van der Waals surface area contributed by atoms with Gasteiger partial charge in [-0.3, -0.25) is 14.6 Å². The van der Waals surface area contributed by atoms with Gasteiger partial charge in [-0.2, -0.15) is 0 Å². The van der Waals surface area contributed by atoms with E-state index < -0.39 is 5.97 Å². The zero-order valence-electron chi connectivity index (χ0n) is 11.7. The van der Waals surface area contributed by atoms with Crippen LogP contribution < -0.4 is 5.32 Å². The van der Waals surface area contributed by atoms with Crippen LogP contribution in [0.3, 0.4) is 0 Å². The highest BCUT2D eigenvalue weighted by Crippen LogP contribution is 2.16. The van der Waals surface area contributed by atoms with Gasteiger partial charge in [0.1, 0.15) is 5.69 Å². The van der Waals surface area contributed by atoms with Crippen molar-refractivity contribution in [1.82, 2.24) is 10.3 Å². The molecule has 0 aliphatic rings. The molecule has 2 N–H and O–H groups in total. The number of benzene rings is 1. The number of carboxylic acids is 1. The number of carbonyl (C=O) groups is 2. The summed E-state index contributed by atoms with van der Waals surface area (Å²) in [6.45, 7) is 0.531. The van der Waals surface area contributed by atoms with Gasteiger partial charge in [-0.1, -0.05) is 30.7 Å². The van der Waals surface area contributed by atoms with Gasteiger partial charge in [-0.05, 0) is 24.3 Å². The molecule has 1 aromatic heterocycles. The van der Waals surface area contributed by atoms with Crippen LogP contribution in [0.15, 0.2) is 36.5 Å². The second-order valence-corrected chi connectivity index (χ2v) is 4.84. The molecule has 0 bridgehead atoms. The first-order chi connectivity index (χ1) is 10.2. The number of carbonyl (C=O) groups excluding carboxylic acids is 1. The predicted molar refractivity (Wildman–Crippen MR) is 80.2 cm³/mol. The number of nitrogens with zero attached hydrogens (tertiary/aromatic N) is 1. The minimum Gasteiger partial charge on any atom is -0.481 e. The van der Waals surface area contributed by atoms with Crippen molar-refractivity contribution in [1.29, 1.82) is 0 Å². The van der Waals surface area contributed by atoms with Crippen LogP contribution >= 0.6 is 0 Å².